The zero-order valence-corrected chi connectivity index (χ0v) is 10.6. The smallest absolute Gasteiger partial charge is 0.0628 e. The summed E-state index contributed by atoms with van der Waals surface area (Å²) >= 11 is 0. The molecule has 1 heterocycles. The van der Waals surface area contributed by atoms with Crippen molar-refractivity contribution in [1.29, 1.82) is 0 Å². The number of nitrogens with zero attached hydrogens (tertiary/aromatic N) is 1. The lowest BCUT2D eigenvalue weighted by Crippen LogP contribution is -2.41. The van der Waals surface area contributed by atoms with E-state index in [1.807, 2.05) is 7.05 Å². The summed E-state index contributed by atoms with van der Waals surface area (Å²) in [5.41, 5.74) is 0. The molecule has 3 heteroatoms. The summed E-state index contributed by atoms with van der Waals surface area (Å²) in [7, 11) is 3.78. The van der Waals surface area contributed by atoms with Crippen molar-refractivity contribution in [3.8, 4) is 0 Å². The third-order valence-electron chi connectivity index (χ3n) is 3.51. The Morgan fingerprint density at radius 2 is 2.20 bits per heavy atom. The predicted octanol–water partition coefficient (Wildman–Crippen LogP) is 1.20. The van der Waals surface area contributed by atoms with Crippen LogP contribution in [0.4, 0.5) is 0 Å². The lowest BCUT2D eigenvalue weighted by Gasteiger charge is -2.23. The van der Waals surface area contributed by atoms with Crippen LogP contribution in [0.3, 0.4) is 0 Å². The Morgan fingerprint density at radius 1 is 1.47 bits per heavy atom. The van der Waals surface area contributed by atoms with E-state index < -0.39 is 0 Å². The van der Waals surface area contributed by atoms with Crippen LogP contribution in [0.5, 0.6) is 0 Å². The summed E-state index contributed by atoms with van der Waals surface area (Å²) in [5.74, 6) is 1.72. The second kappa shape index (κ2) is 6.46. The Hall–Kier alpha value is -0.120. The van der Waals surface area contributed by atoms with E-state index in [1.54, 1.807) is 7.11 Å². The van der Waals surface area contributed by atoms with E-state index in [9.17, 15) is 0 Å². The standard InChI is InChI=1S/C12H26N2O/c1-10(2)11-5-6-14(7-11)8-12(13-3)9-15-4/h10-13H,5-9H2,1-4H3. The van der Waals surface area contributed by atoms with Crippen molar-refractivity contribution in [2.45, 2.75) is 26.3 Å². The van der Waals surface area contributed by atoms with Crippen LogP contribution in [-0.2, 0) is 4.74 Å². The van der Waals surface area contributed by atoms with Gasteiger partial charge in [-0.05, 0) is 31.8 Å². The maximum absolute atomic E-state index is 5.19. The van der Waals surface area contributed by atoms with Gasteiger partial charge in [-0.2, -0.15) is 0 Å². The molecule has 1 N–H and O–H groups in total. The van der Waals surface area contributed by atoms with E-state index in [-0.39, 0.29) is 0 Å². The summed E-state index contributed by atoms with van der Waals surface area (Å²) in [4.78, 5) is 2.56. The normalized spacial score (nSPS) is 25.0. The molecule has 0 spiro atoms. The molecular formula is C12H26N2O. The highest BCUT2D eigenvalue weighted by Crippen LogP contribution is 2.23. The minimum absolute atomic E-state index is 0.473. The van der Waals surface area contributed by atoms with Gasteiger partial charge in [0.1, 0.15) is 0 Å². The molecule has 1 rings (SSSR count). The number of nitrogens with one attached hydrogen (secondary N) is 1. The zero-order valence-electron chi connectivity index (χ0n) is 10.6. The van der Waals surface area contributed by atoms with Crippen molar-refractivity contribution in [1.82, 2.24) is 10.2 Å². The number of likely N-dealkylation sites (tertiary alicyclic amines) is 1. The van der Waals surface area contributed by atoms with Crippen LogP contribution in [0, 0.1) is 11.8 Å². The SMILES string of the molecule is CNC(COC)CN1CCC(C(C)C)C1. The van der Waals surface area contributed by atoms with Gasteiger partial charge in [0.15, 0.2) is 0 Å². The molecule has 0 amide bonds. The number of methoxy groups -OCH3 is 1. The molecule has 0 aromatic heterocycles. The van der Waals surface area contributed by atoms with Crippen LogP contribution in [0.15, 0.2) is 0 Å². The summed E-state index contributed by atoms with van der Waals surface area (Å²) in [5, 5.41) is 3.31. The molecule has 3 nitrogen and oxygen atoms in total. The summed E-state index contributed by atoms with van der Waals surface area (Å²) < 4.78 is 5.19. The predicted molar refractivity (Wildman–Crippen MR) is 64.1 cm³/mol. The van der Waals surface area contributed by atoms with E-state index in [0.717, 1.165) is 25.0 Å². The molecule has 0 bridgehead atoms. The Labute approximate surface area is 94.2 Å². The maximum atomic E-state index is 5.19. The van der Waals surface area contributed by atoms with Gasteiger partial charge in [0.2, 0.25) is 0 Å². The molecule has 15 heavy (non-hydrogen) atoms. The quantitative estimate of drug-likeness (QED) is 0.719. The fourth-order valence-electron chi connectivity index (χ4n) is 2.31. The number of ether oxygens (including phenoxy) is 1. The highest BCUT2D eigenvalue weighted by molar-refractivity contribution is 4.80. The molecule has 1 aliphatic rings. The Kier molecular flexibility index (Phi) is 5.58. The Bertz CT molecular complexity index is 173. The molecule has 0 aliphatic carbocycles. The lowest BCUT2D eigenvalue weighted by atomic mass is 9.95. The van der Waals surface area contributed by atoms with Crippen molar-refractivity contribution in [2.24, 2.45) is 11.8 Å². The van der Waals surface area contributed by atoms with Crippen molar-refractivity contribution in [3.63, 3.8) is 0 Å². The summed E-state index contributed by atoms with van der Waals surface area (Å²) in [6.07, 6.45) is 1.36. The van der Waals surface area contributed by atoms with Gasteiger partial charge in [-0.15, -0.1) is 0 Å². The first-order valence-corrected chi connectivity index (χ1v) is 6.06. The highest BCUT2D eigenvalue weighted by atomic mass is 16.5. The number of likely N-dealkylation sites (N-methyl/N-ethyl adjacent to an activating group) is 1. The largest absolute Gasteiger partial charge is 0.383 e. The number of rotatable bonds is 6. The third-order valence-corrected chi connectivity index (χ3v) is 3.51. The summed E-state index contributed by atoms with van der Waals surface area (Å²) in [6.45, 7) is 9.11. The lowest BCUT2D eigenvalue weighted by molar-refractivity contribution is 0.147. The molecule has 1 fully saturated rings. The van der Waals surface area contributed by atoms with Crippen LogP contribution in [0.1, 0.15) is 20.3 Å². The van der Waals surface area contributed by atoms with E-state index >= 15 is 0 Å². The van der Waals surface area contributed by atoms with Gasteiger partial charge in [0, 0.05) is 26.2 Å². The van der Waals surface area contributed by atoms with Crippen molar-refractivity contribution in [3.05, 3.63) is 0 Å². The van der Waals surface area contributed by atoms with Gasteiger partial charge in [-0.25, -0.2) is 0 Å². The zero-order chi connectivity index (χ0) is 11.3. The van der Waals surface area contributed by atoms with Crippen molar-refractivity contribution >= 4 is 0 Å². The average molecular weight is 214 g/mol. The number of hydrogen-bond acceptors (Lipinski definition) is 3. The average Bonchev–Trinajstić information content (AvgIpc) is 2.65. The van der Waals surface area contributed by atoms with Gasteiger partial charge < -0.3 is 15.0 Å². The third kappa shape index (κ3) is 4.09. The molecule has 2 atom stereocenters. The van der Waals surface area contributed by atoms with Gasteiger partial charge in [0.25, 0.3) is 0 Å². The molecule has 0 aromatic carbocycles. The molecule has 1 saturated heterocycles. The Balaban J connectivity index is 2.27. The van der Waals surface area contributed by atoms with Crippen LogP contribution < -0.4 is 5.32 Å². The van der Waals surface area contributed by atoms with E-state index in [1.165, 1.54) is 19.5 Å². The minimum Gasteiger partial charge on any atom is -0.383 e. The number of hydrogen-bond donors (Lipinski definition) is 1. The van der Waals surface area contributed by atoms with Gasteiger partial charge in [-0.1, -0.05) is 13.8 Å². The molecule has 2 unspecified atom stereocenters. The monoisotopic (exact) mass is 214 g/mol. The maximum Gasteiger partial charge on any atom is 0.0628 e. The first-order valence-electron chi connectivity index (χ1n) is 6.06. The van der Waals surface area contributed by atoms with Crippen molar-refractivity contribution in [2.75, 3.05) is 40.4 Å². The second-order valence-electron chi connectivity index (χ2n) is 4.99. The molecule has 0 saturated carbocycles. The van der Waals surface area contributed by atoms with E-state index in [4.69, 9.17) is 4.74 Å². The topological polar surface area (TPSA) is 24.5 Å². The summed E-state index contributed by atoms with van der Waals surface area (Å²) in [6, 6.07) is 0.473. The van der Waals surface area contributed by atoms with E-state index in [0.29, 0.717) is 6.04 Å². The first-order chi connectivity index (χ1) is 7.17. The van der Waals surface area contributed by atoms with Crippen LogP contribution in [0.25, 0.3) is 0 Å². The van der Waals surface area contributed by atoms with Gasteiger partial charge in [-0.3, -0.25) is 0 Å². The van der Waals surface area contributed by atoms with Crippen molar-refractivity contribution < 1.29 is 4.74 Å². The molecular weight excluding hydrogens is 188 g/mol. The molecule has 1 aliphatic heterocycles. The second-order valence-corrected chi connectivity index (χ2v) is 4.99. The molecule has 0 radical (unpaired) electrons. The molecule has 90 valence electrons. The Morgan fingerprint density at radius 3 is 2.67 bits per heavy atom. The van der Waals surface area contributed by atoms with Gasteiger partial charge >= 0.3 is 0 Å². The minimum atomic E-state index is 0.473. The van der Waals surface area contributed by atoms with Gasteiger partial charge in [0.05, 0.1) is 6.61 Å². The first kappa shape index (κ1) is 12.9. The fraction of sp³-hybridized carbons (Fsp3) is 1.00. The molecule has 0 aromatic rings. The van der Waals surface area contributed by atoms with E-state index in [2.05, 4.69) is 24.1 Å². The van der Waals surface area contributed by atoms with Crippen LogP contribution in [-0.4, -0.2) is 51.3 Å². The van der Waals surface area contributed by atoms with Crippen LogP contribution in [0.2, 0.25) is 0 Å². The van der Waals surface area contributed by atoms with Crippen LogP contribution >= 0.6 is 0 Å². The highest BCUT2D eigenvalue weighted by Gasteiger charge is 2.25. The fourth-order valence-corrected chi connectivity index (χ4v) is 2.31.